The molecule has 2 aromatic carbocycles. The Labute approximate surface area is 151 Å². The molecule has 7 heteroatoms. The van der Waals surface area contributed by atoms with E-state index in [9.17, 15) is 14.9 Å². The van der Waals surface area contributed by atoms with Crippen molar-refractivity contribution in [2.45, 2.75) is 13.5 Å². The summed E-state index contributed by atoms with van der Waals surface area (Å²) in [5, 5.41) is 13.5. The van der Waals surface area contributed by atoms with Crippen molar-refractivity contribution >= 4 is 17.7 Å². The van der Waals surface area contributed by atoms with Gasteiger partial charge in [0.25, 0.3) is 5.69 Å². The predicted octanol–water partition coefficient (Wildman–Crippen LogP) is 3.33. The number of nitrogens with one attached hydrogen (secondary N) is 1. The Hall–Kier alpha value is -3.35. The summed E-state index contributed by atoms with van der Waals surface area (Å²) in [6.45, 7) is 2.75. The summed E-state index contributed by atoms with van der Waals surface area (Å²) in [6, 6.07) is 11.5. The van der Waals surface area contributed by atoms with E-state index in [2.05, 4.69) is 5.32 Å². The van der Waals surface area contributed by atoms with Crippen molar-refractivity contribution in [3.8, 4) is 11.5 Å². The van der Waals surface area contributed by atoms with Crippen LogP contribution >= 0.6 is 0 Å². The van der Waals surface area contributed by atoms with Crippen LogP contribution in [0.2, 0.25) is 0 Å². The third-order valence-electron chi connectivity index (χ3n) is 3.50. The van der Waals surface area contributed by atoms with Crippen molar-refractivity contribution in [1.29, 1.82) is 0 Å². The average Bonchev–Trinajstić information content (AvgIpc) is 2.66. The van der Waals surface area contributed by atoms with E-state index in [4.69, 9.17) is 9.47 Å². The maximum atomic E-state index is 11.9. The number of carbonyl (C=O) groups is 1. The van der Waals surface area contributed by atoms with E-state index in [1.807, 2.05) is 13.0 Å². The number of nitrogens with zero attached hydrogens (tertiary/aromatic N) is 1. The molecule has 0 fully saturated rings. The molecule has 0 aliphatic rings. The highest BCUT2D eigenvalue weighted by molar-refractivity contribution is 5.91. The number of non-ortho nitro benzene ring substituents is 1. The van der Waals surface area contributed by atoms with Crippen LogP contribution in [0.4, 0.5) is 5.69 Å². The highest BCUT2D eigenvalue weighted by Gasteiger charge is 2.06. The number of benzene rings is 2. The van der Waals surface area contributed by atoms with Crippen LogP contribution in [-0.2, 0) is 11.3 Å². The van der Waals surface area contributed by atoms with Crippen LogP contribution in [0.3, 0.4) is 0 Å². The summed E-state index contributed by atoms with van der Waals surface area (Å²) in [5.74, 6) is 0.950. The lowest BCUT2D eigenvalue weighted by Crippen LogP contribution is -2.20. The molecule has 0 saturated carbocycles. The highest BCUT2D eigenvalue weighted by atomic mass is 16.6. The van der Waals surface area contributed by atoms with Crippen molar-refractivity contribution in [1.82, 2.24) is 5.32 Å². The summed E-state index contributed by atoms with van der Waals surface area (Å²) in [7, 11) is 1.56. The van der Waals surface area contributed by atoms with Gasteiger partial charge in [-0.05, 0) is 36.3 Å². The quantitative estimate of drug-likeness (QED) is 0.445. The Bertz CT molecular complexity index is 817. The fourth-order valence-electron chi connectivity index (χ4n) is 2.26. The van der Waals surface area contributed by atoms with Crippen LogP contribution in [0, 0.1) is 10.1 Å². The second-order valence-corrected chi connectivity index (χ2v) is 5.32. The van der Waals surface area contributed by atoms with Crippen LogP contribution in [0.1, 0.15) is 18.1 Å². The zero-order valence-corrected chi connectivity index (χ0v) is 14.6. The molecular formula is C19H20N2O5. The summed E-state index contributed by atoms with van der Waals surface area (Å²) < 4.78 is 10.7. The second kappa shape index (κ2) is 9.22. The Kier molecular flexibility index (Phi) is 6.73. The molecule has 2 rings (SSSR count). The first kappa shape index (κ1) is 19.0. The first-order valence-electron chi connectivity index (χ1n) is 8.03. The third-order valence-corrected chi connectivity index (χ3v) is 3.50. The lowest BCUT2D eigenvalue weighted by atomic mass is 10.2. The first-order chi connectivity index (χ1) is 12.5. The molecule has 2 aromatic rings. The van der Waals surface area contributed by atoms with E-state index in [1.54, 1.807) is 31.4 Å². The van der Waals surface area contributed by atoms with E-state index in [0.29, 0.717) is 30.2 Å². The molecule has 0 aliphatic carbocycles. The number of rotatable bonds is 8. The van der Waals surface area contributed by atoms with E-state index in [-0.39, 0.29) is 11.6 Å². The monoisotopic (exact) mass is 356 g/mol. The number of amides is 1. The zero-order valence-electron chi connectivity index (χ0n) is 14.6. The molecule has 0 heterocycles. The average molecular weight is 356 g/mol. The van der Waals surface area contributed by atoms with Crippen LogP contribution < -0.4 is 14.8 Å². The summed E-state index contributed by atoms with van der Waals surface area (Å²) >= 11 is 0. The smallest absolute Gasteiger partial charge is 0.270 e. The third kappa shape index (κ3) is 5.34. The van der Waals surface area contributed by atoms with Crippen molar-refractivity contribution < 1.29 is 19.2 Å². The Morgan fingerprint density at radius 1 is 1.23 bits per heavy atom. The molecule has 0 radical (unpaired) electrons. The number of carbonyl (C=O) groups excluding carboxylic acids is 1. The van der Waals surface area contributed by atoms with Gasteiger partial charge in [0.05, 0.1) is 18.6 Å². The van der Waals surface area contributed by atoms with Crippen LogP contribution in [-0.4, -0.2) is 24.5 Å². The molecule has 0 aliphatic heterocycles. The van der Waals surface area contributed by atoms with Crippen molar-refractivity contribution in [3.63, 3.8) is 0 Å². The van der Waals surface area contributed by atoms with E-state index in [0.717, 1.165) is 5.56 Å². The maximum absolute atomic E-state index is 11.9. The molecule has 0 atom stereocenters. The Balaban J connectivity index is 1.96. The van der Waals surface area contributed by atoms with Gasteiger partial charge in [-0.2, -0.15) is 0 Å². The van der Waals surface area contributed by atoms with Crippen molar-refractivity contribution in [2.24, 2.45) is 0 Å². The molecule has 136 valence electrons. The number of nitro benzene ring substituents is 1. The molecule has 0 aromatic heterocycles. The SMILES string of the molecule is CCOc1ccc(CNC(=O)/C=C/c2cccc([N+](=O)[O-])c2)cc1OC. The standard InChI is InChI=1S/C19H20N2O5/c1-3-26-17-9-7-15(12-18(17)25-2)13-20-19(22)10-8-14-5-4-6-16(11-14)21(23)24/h4-12H,3,13H2,1-2H3,(H,20,22)/b10-8+. The topological polar surface area (TPSA) is 90.7 Å². The zero-order chi connectivity index (χ0) is 18.9. The number of nitro groups is 1. The van der Waals surface area contributed by atoms with Gasteiger partial charge in [0.2, 0.25) is 5.91 Å². The molecule has 26 heavy (non-hydrogen) atoms. The normalized spacial score (nSPS) is 10.5. The van der Waals surface area contributed by atoms with Gasteiger partial charge < -0.3 is 14.8 Å². The first-order valence-corrected chi connectivity index (χ1v) is 8.03. The number of hydrogen-bond donors (Lipinski definition) is 1. The largest absolute Gasteiger partial charge is 0.493 e. The molecule has 1 amide bonds. The van der Waals surface area contributed by atoms with Gasteiger partial charge in [0, 0.05) is 24.8 Å². The van der Waals surface area contributed by atoms with Crippen molar-refractivity contribution in [3.05, 3.63) is 69.8 Å². The fraction of sp³-hybridized carbons (Fsp3) is 0.211. The lowest BCUT2D eigenvalue weighted by Gasteiger charge is -2.11. The Morgan fingerprint density at radius 3 is 2.73 bits per heavy atom. The molecule has 7 nitrogen and oxygen atoms in total. The molecule has 0 bridgehead atoms. The minimum atomic E-state index is -0.475. The molecule has 0 saturated heterocycles. The van der Waals surface area contributed by atoms with Gasteiger partial charge in [-0.3, -0.25) is 14.9 Å². The second-order valence-electron chi connectivity index (χ2n) is 5.32. The molecule has 0 unspecified atom stereocenters. The Morgan fingerprint density at radius 2 is 2.04 bits per heavy atom. The van der Waals surface area contributed by atoms with E-state index >= 15 is 0 Å². The fourth-order valence-corrected chi connectivity index (χ4v) is 2.26. The number of ether oxygens (including phenoxy) is 2. The number of hydrogen-bond acceptors (Lipinski definition) is 5. The van der Waals surface area contributed by atoms with Crippen LogP contribution in [0.15, 0.2) is 48.5 Å². The summed E-state index contributed by atoms with van der Waals surface area (Å²) in [4.78, 5) is 22.2. The van der Waals surface area contributed by atoms with E-state index in [1.165, 1.54) is 24.3 Å². The van der Waals surface area contributed by atoms with Crippen LogP contribution in [0.5, 0.6) is 11.5 Å². The predicted molar refractivity (Wildman–Crippen MR) is 98.1 cm³/mol. The van der Waals surface area contributed by atoms with Gasteiger partial charge >= 0.3 is 0 Å². The van der Waals surface area contributed by atoms with Gasteiger partial charge in [-0.1, -0.05) is 18.2 Å². The van der Waals surface area contributed by atoms with Crippen LogP contribution in [0.25, 0.3) is 6.08 Å². The van der Waals surface area contributed by atoms with Gasteiger partial charge in [0.1, 0.15) is 0 Å². The summed E-state index contributed by atoms with van der Waals surface area (Å²) in [6.07, 6.45) is 2.87. The molecule has 1 N–H and O–H groups in total. The van der Waals surface area contributed by atoms with Gasteiger partial charge in [-0.15, -0.1) is 0 Å². The lowest BCUT2D eigenvalue weighted by molar-refractivity contribution is -0.384. The number of methoxy groups -OCH3 is 1. The minimum Gasteiger partial charge on any atom is -0.493 e. The van der Waals surface area contributed by atoms with Crippen molar-refractivity contribution in [2.75, 3.05) is 13.7 Å². The molecular weight excluding hydrogens is 336 g/mol. The van der Waals surface area contributed by atoms with E-state index < -0.39 is 4.92 Å². The maximum Gasteiger partial charge on any atom is 0.270 e. The highest BCUT2D eigenvalue weighted by Crippen LogP contribution is 2.27. The summed E-state index contributed by atoms with van der Waals surface area (Å²) in [5.41, 5.74) is 1.42. The van der Waals surface area contributed by atoms with Gasteiger partial charge in [-0.25, -0.2) is 0 Å². The van der Waals surface area contributed by atoms with Gasteiger partial charge in [0.15, 0.2) is 11.5 Å². The molecule has 0 spiro atoms. The minimum absolute atomic E-state index is 0.0194.